The van der Waals surface area contributed by atoms with Gasteiger partial charge in [0.05, 0.1) is 7.11 Å². The van der Waals surface area contributed by atoms with Crippen molar-refractivity contribution < 1.29 is 13.9 Å². The molecule has 0 radical (unpaired) electrons. The van der Waals surface area contributed by atoms with Crippen molar-refractivity contribution in [2.75, 3.05) is 7.11 Å². The lowest BCUT2D eigenvalue weighted by Crippen LogP contribution is -2.72. The molecule has 1 aromatic carbocycles. The van der Waals surface area contributed by atoms with Crippen molar-refractivity contribution >= 4 is 5.97 Å². The average Bonchev–Trinajstić information content (AvgIpc) is 2.27. The summed E-state index contributed by atoms with van der Waals surface area (Å²) in [4.78, 5) is 11.5. The monoisotopic (exact) mass is 263 g/mol. The number of halogens is 1. The molecule has 0 aliphatic heterocycles. The Bertz CT molecular complexity index is 535. The SMILES string of the molecule is COC(=O)C(N)C12CC(c3ccc(C)cc3F)(C1)C2. The predicted molar refractivity (Wildman–Crippen MR) is 69.1 cm³/mol. The first-order valence-electron chi connectivity index (χ1n) is 6.53. The molecule has 2 bridgehead atoms. The largest absolute Gasteiger partial charge is 0.468 e. The number of aryl methyl sites for hydroxylation is 1. The zero-order chi connectivity index (χ0) is 13.8. The van der Waals surface area contributed by atoms with Crippen molar-refractivity contribution in [3.05, 3.63) is 35.1 Å². The Hall–Kier alpha value is -1.42. The van der Waals surface area contributed by atoms with Gasteiger partial charge in [-0.15, -0.1) is 0 Å². The molecule has 3 fully saturated rings. The number of esters is 1. The average molecular weight is 263 g/mol. The van der Waals surface area contributed by atoms with E-state index in [1.54, 1.807) is 6.07 Å². The first kappa shape index (κ1) is 12.6. The minimum Gasteiger partial charge on any atom is -0.468 e. The number of benzene rings is 1. The number of hydrogen-bond acceptors (Lipinski definition) is 3. The third-order valence-electron chi connectivity index (χ3n) is 4.88. The molecule has 0 heterocycles. The zero-order valence-corrected chi connectivity index (χ0v) is 11.2. The van der Waals surface area contributed by atoms with E-state index >= 15 is 0 Å². The van der Waals surface area contributed by atoms with Crippen LogP contribution in [0.15, 0.2) is 18.2 Å². The molecule has 0 saturated heterocycles. The van der Waals surface area contributed by atoms with Gasteiger partial charge in [0, 0.05) is 5.41 Å². The van der Waals surface area contributed by atoms with Gasteiger partial charge in [0.1, 0.15) is 11.9 Å². The maximum atomic E-state index is 14.0. The van der Waals surface area contributed by atoms with E-state index in [1.807, 2.05) is 19.1 Å². The van der Waals surface area contributed by atoms with Crippen LogP contribution in [0.4, 0.5) is 4.39 Å². The van der Waals surface area contributed by atoms with Crippen LogP contribution in [0.1, 0.15) is 30.4 Å². The highest BCUT2D eigenvalue weighted by Gasteiger charge is 2.72. The number of nitrogens with two attached hydrogens (primary N) is 1. The van der Waals surface area contributed by atoms with Gasteiger partial charge < -0.3 is 10.5 Å². The second-order valence-electron chi connectivity index (χ2n) is 6.16. The fraction of sp³-hybridized carbons (Fsp3) is 0.533. The molecule has 2 N–H and O–H groups in total. The highest BCUT2D eigenvalue weighted by atomic mass is 19.1. The van der Waals surface area contributed by atoms with Crippen molar-refractivity contribution in [1.82, 2.24) is 0 Å². The molecule has 19 heavy (non-hydrogen) atoms. The summed E-state index contributed by atoms with van der Waals surface area (Å²) in [6.07, 6.45) is 2.36. The third kappa shape index (κ3) is 1.56. The molecule has 1 atom stereocenters. The maximum Gasteiger partial charge on any atom is 0.323 e. The van der Waals surface area contributed by atoms with E-state index in [-0.39, 0.29) is 22.6 Å². The van der Waals surface area contributed by atoms with Gasteiger partial charge in [0.2, 0.25) is 0 Å². The van der Waals surface area contributed by atoms with Crippen molar-refractivity contribution in [2.45, 2.75) is 37.6 Å². The smallest absolute Gasteiger partial charge is 0.323 e. The Kier molecular flexibility index (Phi) is 2.52. The van der Waals surface area contributed by atoms with Crippen LogP contribution in [0, 0.1) is 18.2 Å². The molecule has 0 aromatic heterocycles. The molecule has 3 nitrogen and oxygen atoms in total. The summed E-state index contributed by atoms with van der Waals surface area (Å²) in [6.45, 7) is 1.88. The maximum absolute atomic E-state index is 14.0. The Morgan fingerprint density at radius 2 is 2.05 bits per heavy atom. The van der Waals surface area contributed by atoms with E-state index in [2.05, 4.69) is 0 Å². The number of carbonyl (C=O) groups excluding carboxylic acids is 1. The molecule has 0 amide bonds. The number of rotatable bonds is 3. The molecule has 4 rings (SSSR count). The van der Waals surface area contributed by atoms with E-state index in [9.17, 15) is 9.18 Å². The van der Waals surface area contributed by atoms with Crippen LogP contribution in [0.3, 0.4) is 0 Å². The zero-order valence-electron chi connectivity index (χ0n) is 11.2. The van der Waals surface area contributed by atoms with Gasteiger partial charge in [-0.25, -0.2) is 4.39 Å². The van der Waals surface area contributed by atoms with Gasteiger partial charge in [-0.1, -0.05) is 12.1 Å². The molecule has 4 heteroatoms. The van der Waals surface area contributed by atoms with Crippen LogP contribution < -0.4 is 5.73 Å². The van der Waals surface area contributed by atoms with Gasteiger partial charge in [-0.05, 0) is 48.8 Å². The molecule has 1 aromatic rings. The summed E-state index contributed by atoms with van der Waals surface area (Å²) < 4.78 is 18.7. The summed E-state index contributed by atoms with van der Waals surface area (Å²) in [6, 6.07) is 4.80. The fourth-order valence-corrected chi connectivity index (χ4v) is 3.91. The van der Waals surface area contributed by atoms with E-state index < -0.39 is 6.04 Å². The van der Waals surface area contributed by atoms with E-state index in [0.717, 1.165) is 30.4 Å². The minimum atomic E-state index is -0.576. The lowest BCUT2D eigenvalue weighted by molar-refractivity contribution is -0.181. The predicted octanol–water partition coefficient (Wildman–Crippen LogP) is 2.06. The Morgan fingerprint density at radius 3 is 2.58 bits per heavy atom. The van der Waals surface area contributed by atoms with Crippen molar-refractivity contribution in [3.8, 4) is 0 Å². The molecule has 3 aliphatic rings. The quantitative estimate of drug-likeness (QED) is 0.849. The van der Waals surface area contributed by atoms with E-state index in [4.69, 9.17) is 10.5 Å². The van der Waals surface area contributed by atoms with Gasteiger partial charge in [-0.3, -0.25) is 4.79 Å². The third-order valence-corrected chi connectivity index (χ3v) is 4.88. The Balaban J connectivity index is 1.78. The van der Waals surface area contributed by atoms with E-state index in [1.165, 1.54) is 7.11 Å². The molecule has 102 valence electrons. The number of ether oxygens (including phenoxy) is 1. The van der Waals surface area contributed by atoms with Crippen LogP contribution in [0.25, 0.3) is 0 Å². The summed E-state index contributed by atoms with van der Waals surface area (Å²) >= 11 is 0. The summed E-state index contributed by atoms with van der Waals surface area (Å²) in [5.41, 5.74) is 7.38. The van der Waals surface area contributed by atoms with Crippen LogP contribution in [-0.4, -0.2) is 19.1 Å². The summed E-state index contributed by atoms with van der Waals surface area (Å²) in [7, 11) is 1.35. The molecular formula is C15H18FNO2. The Morgan fingerprint density at radius 1 is 1.42 bits per heavy atom. The highest BCUT2D eigenvalue weighted by molar-refractivity contribution is 5.77. The normalized spacial score (nSPS) is 33.1. The van der Waals surface area contributed by atoms with Gasteiger partial charge >= 0.3 is 5.97 Å². The van der Waals surface area contributed by atoms with Crippen LogP contribution in [0.5, 0.6) is 0 Å². The first-order chi connectivity index (χ1) is 8.92. The molecule has 3 aliphatic carbocycles. The molecule has 3 saturated carbocycles. The lowest BCUT2D eigenvalue weighted by Gasteiger charge is -2.72. The second kappa shape index (κ2) is 3.79. The lowest BCUT2D eigenvalue weighted by atomic mass is 9.31. The van der Waals surface area contributed by atoms with Gasteiger partial charge in [0.25, 0.3) is 0 Å². The van der Waals surface area contributed by atoms with Crippen LogP contribution >= 0.6 is 0 Å². The molecule has 1 unspecified atom stereocenters. The topological polar surface area (TPSA) is 52.3 Å². The van der Waals surface area contributed by atoms with E-state index in [0.29, 0.717) is 0 Å². The number of carbonyl (C=O) groups is 1. The summed E-state index contributed by atoms with van der Waals surface area (Å²) in [5.74, 6) is -0.502. The standard InChI is InChI=1S/C15H18FNO2/c1-9-3-4-10(11(16)5-9)14-6-15(7-14,8-14)12(17)13(18)19-2/h3-5,12H,6-8,17H2,1-2H3. The van der Waals surface area contributed by atoms with Crippen molar-refractivity contribution in [2.24, 2.45) is 11.1 Å². The van der Waals surface area contributed by atoms with Gasteiger partial charge in [-0.2, -0.15) is 0 Å². The number of methoxy groups -OCH3 is 1. The van der Waals surface area contributed by atoms with Crippen molar-refractivity contribution in [1.29, 1.82) is 0 Å². The number of hydrogen-bond donors (Lipinski definition) is 1. The van der Waals surface area contributed by atoms with Crippen LogP contribution in [-0.2, 0) is 14.9 Å². The minimum absolute atomic E-state index is 0.0938. The second-order valence-corrected chi connectivity index (χ2v) is 6.16. The van der Waals surface area contributed by atoms with Gasteiger partial charge in [0.15, 0.2) is 0 Å². The summed E-state index contributed by atoms with van der Waals surface area (Å²) in [5, 5.41) is 0. The van der Waals surface area contributed by atoms with Crippen LogP contribution in [0.2, 0.25) is 0 Å². The Labute approximate surface area is 111 Å². The highest BCUT2D eigenvalue weighted by Crippen LogP contribution is 2.74. The molecule has 0 spiro atoms. The molecular weight excluding hydrogens is 245 g/mol. The fourth-order valence-electron chi connectivity index (χ4n) is 3.91. The first-order valence-corrected chi connectivity index (χ1v) is 6.53. The van der Waals surface area contributed by atoms with Crippen molar-refractivity contribution in [3.63, 3.8) is 0 Å².